The zero-order valence-electron chi connectivity index (χ0n) is 15.6. The van der Waals surface area contributed by atoms with Crippen LogP contribution in [-0.2, 0) is 11.2 Å². The van der Waals surface area contributed by atoms with Crippen molar-refractivity contribution >= 4 is 23.4 Å². The highest BCUT2D eigenvalue weighted by molar-refractivity contribution is 8.00. The van der Waals surface area contributed by atoms with Crippen molar-refractivity contribution in [2.45, 2.75) is 36.2 Å². The second kappa shape index (κ2) is 8.20. The molecule has 0 saturated heterocycles. The lowest BCUT2D eigenvalue weighted by molar-refractivity contribution is -0.116. The monoisotopic (exact) mass is 415 g/mol. The minimum atomic E-state index is -0.586. The number of aryl methyl sites for hydroxylation is 1. The molecule has 2 N–H and O–H groups in total. The molecule has 0 radical (unpaired) electrons. The predicted molar refractivity (Wildman–Crippen MR) is 107 cm³/mol. The first kappa shape index (κ1) is 19.4. The summed E-state index contributed by atoms with van der Waals surface area (Å²) in [5, 5.41) is 11.2. The van der Waals surface area contributed by atoms with Gasteiger partial charge in [0.05, 0.1) is 6.04 Å². The van der Waals surface area contributed by atoms with Crippen LogP contribution in [0.5, 0.6) is 0 Å². The van der Waals surface area contributed by atoms with E-state index in [1.54, 1.807) is 16.8 Å². The lowest BCUT2D eigenvalue weighted by Gasteiger charge is -2.33. The number of fused-ring (bicyclic) bond motifs is 1. The van der Waals surface area contributed by atoms with E-state index in [2.05, 4.69) is 20.9 Å². The molecule has 1 amide bonds. The highest BCUT2D eigenvalue weighted by Crippen LogP contribution is 2.37. The summed E-state index contributed by atoms with van der Waals surface area (Å²) in [6, 6.07) is 11.2. The van der Waals surface area contributed by atoms with E-state index >= 15 is 0 Å². The number of benzene rings is 2. The Labute approximate surface area is 170 Å². The smallest absolute Gasteiger partial charge is 0.240 e. The third-order valence-electron chi connectivity index (χ3n) is 4.58. The molecule has 2 aromatic carbocycles. The van der Waals surface area contributed by atoms with E-state index in [0.717, 1.165) is 24.2 Å². The molecule has 9 heteroatoms. The molecule has 1 aromatic heterocycles. The fourth-order valence-corrected chi connectivity index (χ4v) is 4.25. The number of nitrogens with zero attached hydrogens (tertiary/aromatic N) is 3. The summed E-state index contributed by atoms with van der Waals surface area (Å²) < 4.78 is 28.4. The molecule has 29 heavy (non-hydrogen) atoms. The Hall–Kier alpha value is -2.94. The predicted octanol–water partition coefficient (Wildman–Crippen LogP) is 3.91. The zero-order chi connectivity index (χ0) is 20.4. The summed E-state index contributed by atoms with van der Waals surface area (Å²) in [6.45, 7) is 2.05. The molecule has 0 fully saturated rings. The normalized spacial score (nSPS) is 18.0. The molecular formula is C20H19F2N5OS. The molecule has 1 aliphatic heterocycles. The topological polar surface area (TPSA) is 71.8 Å². The van der Waals surface area contributed by atoms with Crippen LogP contribution in [0, 0.1) is 11.6 Å². The van der Waals surface area contributed by atoms with Crippen molar-refractivity contribution < 1.29 is 13.6 Å². The molecule has 2 heterocycles. The highest BCUT2D eigenvalue weighted by atomic mass is 32.2. The van der Waals surface area contributed by atoms with Crippen LogP contribution in [0.4, 0.5) is 14.5 Å². The van der Waals surface area contributed by atoms with Crippen LogP contribution in [0.15, 0.2) is 53.7 Å². The Balaban J connectivity index is 1.65. The fraction of sp³-hybridized carbons (Fsp3) is 0.250. The number of amides is 1. The quantitative estimate of drug-likeness (QED) is 0.661. The van der Waals surface area contributed by atoms with Crippen molar-refractivity contribution in [3.8, 4) is 0 Å². The van der Waals surface area contributed by atoms with Gasteiger partial charge in [0.2, 0.25) is 11.1 Å². The van der Waals surface area contributed by atoms with Crippen molar-refractivity contribution in [3.05, 3.63) is 71.6 Å². The van der Waals surface area contributed by atoms with Crippen molar-refractivity contribution in [3.63, 3.8) is 0 Å². The van der Waals surface area contributed by atoms with Crippen LogP contribution >= 0.6 is 11.8 Å². The maximum absolute atomic E-state index is 13.4. The number of hydrogen-bond acceptors (Lipinski definition) is 5. The fourth-order valence-electron chi connectivity index (χ4n) is 3.15. The van der Waals surface area contributed by atoms with Crippen LogP contribution < -0.4 is 10.7 Å². The van der Waals surface area contributed by atoms with E-state index in [9.17, 15) is 13.6 Å². The zero-order valence-corrected chi connectivity index (χ0v) is 16.4. The van der Waals surface area contributed by atoms with E-state index in [1.807, 2.05) is 6.92 Å². The second-order valence-corrected chi connectivity index (χ2v) is 7.79. The molecule has 1 aliphatic rings. The second-order valence-electron chi connectivity index (χ2n) is 6.68. The van der Waals surface area contributed by atoms with Gasteiger partial charge in [-0.25, -0.2) is 13.5 Å². The van der Waals surface area contributed by atoms with Gasteiger partial charge in [0.25, 0.3) is 0 Å². The van der Waals surface area contributed by atoms with Gasteiger partial charge in [0.1, 0.15) is 16.9 Å². The van der Waals surface area contributed by atoms with Gasteiger partial charge < -0.3 is 10.7 Å². The van der Waals surface area contributed by atoms with Crippen LogP contribution in [0.2, 0.25) is 0 Å². The van der Waals surface area contributed by atoms with Gasteiger partial charge >= 0.3 is 0 Å². The molecule has 2 atom stereocenters. The number of aromatic nitrogens is 3. The van der Waals surface area contributed by atoms with E-state index in [-0.39, 0.29) is 17.5 Å². The van der Waals surface area contributed by atoms with Gasteiger partial charge in [0, 0.05) is 12.1 Å². The van der Waals surface area contributed by atoms with E-state index in [4.69, 9.17) is 0 Å². The number of halogens is 2. The number of rotatable bonds is 5. The molecule has 150 valence electrons. The minimum Gasteiger partial charge on any atom is -0.325 e. The van der Waals surface area contributed by atoms with Crippen molar-refractivity contribution in [2.75, 3.05) is 10.7 Å². The largest absolute Gasteiger partial charge is 0.325 e. The first-order valence-corrected chi connectivity index (χ1v) is 10.1. The van der Waals surface area contributed by atoms with Gasteiger partial charge in [-0.2, -0.15) is 0 Å². The molecule has 0 saturated carbocycles. The first-order valence-electron chi connectivity index (χ1n) is 9.24. The van der Waals surface area contributed by atoms with Gasteiger partial charge in [-0.05, 0) is 48.4 Å². The standard InChI is InChI=1S/C20H19F2N5OS/c1-2-3-16-24-25-20-27(16)26-17(12-4-6-13(21)7-5-12)18(29-20)19(28)23-15-10-8-14(22)9-11-15/h4-11,17-18,26H,2-3H2,1H3,(H,23,28)/t17-,18-/m1/s1. The number of carbonyl (C=O) groups is 1. The van der Waals surface area contributed by atoms with Crippen molar-refractivity contribution in [2.24, 2.45) is 0 Å². The summed E-state index contributed by atoms with van der Waals surface area (Å²) in [5.74, 6) is -0.215. The average molecular weight is 415 g/mol. The Morgan fingerprint density at radius 2 is 1.76 bits per heavy atom. The van der Waals surface area contributed by atoms with E-state index < -0.39 is 11.3 Å². The van der Waals surface area contributed by atoms with Gasteiger partial charge in [-0.3, -0.25) is 4.79 Å². The van der Waals surface area contributed by atoms with Crippen molar-refractivity contribution in [1.82, 2.24) is 14.9 Å². The van der Waals surface area contributed by atoms with Crippen LogP contribution in [0.1, 0.15) is 30.8 Å². The number of carbonyl (C=O) groups excluding carboxylic acids is 1. The Kier molecular flexibility index (Phi) is 5.48. The number of anilines is 1. The summed E-state index contributed by atoms with van der Waals surface area (Å²) >= 11 is 1.29. The Morgan fingerprint density at radius 1 is 1.10 bits per heavy atom. The van der Waals surface area contributed by atoms with Crippen LogP contribution in [0.3, 0.4) is 0 Å². The third kappa shape index (κ3) is 4.09. The molecule has 0 bridgehead atoms. The van der Waals surface area contributed by atoms with E-state index in [0.29, 0.717) is 10.8 Å². The number of hydrogen-bond donors (Lipinski definition) is 2. The number of thioether (sulfide) groups is 1. The first-order chi connectivity index (χ1) is 14.0. The molecule has 6 nitrogen and oxygen atoms in total. The molecule has 4 rings (SSSR count). The average Bonchev–Trinajstić information content (AvgIpc) is 3.11. The molecule has 3 aromatic rings. The van der Waals surface area contributed by atoms with Crippen LogP contribution in [0.25, 0.3) is 0 Å². The maximum Gasteiger partial charge on any atom is 0.240 e. The summed E-state index contributed by atoms with van der Waals surface area (Å²) in [4.78, 5) is 13.0. The van der Waals surface area contributed by atoms with Crippen LogP contribution in [-0.4, -0.2) is 26.0 Å². The summed E-state index contributed by atoms with van der Waals surface area (Å²) in [6.07, 6.45) is 1.64. The molecule has 0 spiro atoms. The summed E-state index contributed by atoms with van der Waals surface area (Å²) in [5.41, 5.74) is 4.58. The van der Waals surface area contributed by atoms with Gasteiger partial charge in [0.15, 0.2) is 5.82 Å². The van der Waals surface area contributed by atoms with E-state index in [1.165, 1.54) is 48.2 Å². The SMILES string of the molecule is CCCc1nnc2n1N[C@H](c1ccc(F)cc1)[C@H](C(=O)Nc1ccc(F)cc1)S2. The lowest BCUT2D eigenvalue weighted by atomic mass is 10.0. The summed E-state index contributed by atoms with van der Waals surface area (Å²) in [7, 11) is 0. The molecule has 0 unspecified atom stereocenters. The minimum absolute atomic E-state index is 0.269. The maximum atomic E-state index is 13.4. The van der Waals surface area contributed by atoms with Gasteiger partial charge in [-0.1, -0.05) is 30.8 Å². The highest BCUT2D eigenvalue weighted by Gasteiger charge is 2.37. The molecular weight excluding hydrogens is 396 g/mol. The third-order valence-corrected chi connectivity index (χ3v) is 5.79. The lowest BCUT2D eigenvalue weighted by Crippen LogP contribution is -2.41. The van der Waals surface area contributed by atoms with Gasteiger partial charge in [-0.15, -0.1) is 10.2 Å². The molecule has 0 aliphatic carbocycles. The van der Waals surface area contributed by atoms with Crippen molar-refractivity contribution in [1.29, 1.82) is 0 Å². The number of nitrogens with one attached hydrogen (secondary N) is 2. The Morgan fingerprint density at radius 3 is 2.41 bits per heavy atom. The Bertz CT molecular complexity index is 1010.